The molecule has 3 aromatic rings. The van der Waals surface area contributed by atoms with Crippen molar-refractivity contribution in [3.8, 4) is 5.69 Å². The fourth-order valence-electron chi connectivity index (χ4n) is 2.33. The van der Waals surface area contributed by atoms with Gasteiger partial charge < -0.3 is 5.32 Å². The second-order valence-corrected chi connectivity index (χ2v) is 5.15. The molecule has 1 N–H and O–H groups in total. The van der Waals surface area contributed by atoms with Crippen molar-refractivity contribution in [2.45, 2.75) is 6.92 Å². The summed E-state index contributed by atoms with van der Waals surface area (Å²) in [5.74, 6) is -0.258. The lowest BCUT2D eigenvalue weighted by Crippen LogP contribution is -2.13. The Bertz CT molecular complexity index is 886. The van der Waals surface area contributed by atoms with E-state index >= 15 is 0 Å². The molecule has 1 aromatic heterocycles. The average Bonchev–Trinajstić information content (AvgIpc) is 2.97. The number of nitro benzene ring substituents is 1. The Morgan fingerprint density at radius 3 is 2.42 bits per heavy atom. The van der Waals surface area contributed by atoms with Crippen LogP contribution in [-0.4, -0.2) is 20.6 Å². The van der Waals surface area contributed by atoms with Crippen LogP contribution in [0.5, 0.6) is 0 Å². The summed E-state index contributed by atoms with van der Waals surface area (Å²) in [4.78, 5) is 22.6. The monoisotopic (exact) mass is 322 g/mol. The number of para-hydroxylation sites is 1. The van der Waals surface area contributed by atoms with Gasteiger partial charge in [-0.05, 0) is 31.2 Å². The summed E-state index contributed by atoms with van der Waals surface area (Å²) in [5.41, 5.74) is 2.45. The Balaban J connectivity index is 1.85. The van der Waals surface area contributed by atoms with Gasteiger partial charge in [-0.25, -0.2) is 4.68 Å². The molecule has 0 saturated carbocycles. The highest BCUT2D eigenvalue weighted by molar-refractivity contribution is 6.04. The van der Waals surface area contributed by atoms with Gasteiger partial charge in [-0.2, -0.15) is 5.10 Å². The van der Waals surface area contributed by atoms with Gasteiger partial charge in [-0.1, -0.05) is 18.2 Å². The molecule has 0 radical (unpaired) electrons. The standard InChI is InChI=1S/C17H14N4O3/c1-12-16(17(22)19-13-5-3-2-4-6-13)11-18-20(12)14-7-9-15(10-8-14)21(23)24/h2-11H,1H3,(H,19,22). The Morgan fingerprint density at radius 2 is 1.79 bits per heavy atom. The molecule has 1 amide bonds. The molecule has 2 aromatic carbocycles. The first-order valence-corrected chi connectivity index (χ1v) is 7.22. The number of amides is 1. The molecule has 0 spiro atoms. The van der Waals surface area contributed by atoms with Gasteiger partial charge in [0.1, 0.15) is 0 Å². The summed E-state index contributed by atoms with van der Waals surface area (Å²) >= 11 is 0. The number of hydrogen-bond acceptors (Lipinski definition) is 4. The fourth-order valence-corrected chi connectivity index (χ4v) is 2.33. The summed E-state index contributed by atoms with van der Waals surface area (Å²) in [6.07, 6.45) is 1.48. The third-order valence-corrected chi connectivity index (χ3v) is 3.59. The van der Waals surface area contributed by atoms with Crippen molar-refractivity contribution in [1.82, 2.24) is 9.78 Å². The zero-order chi connectivity index (χ0) is 17.1. The molecule has 3 rings (SSSR count). The molecule has 0 saturated heterocycles. The number of carbonyl (C=O) groups excluding carboxylic acids is 1. The fraction of sp³-hybridized carbons (Fsp3) is 0.0588. The van der Waals surface area contributed by atoms with Gasteiger partial charge in [0, 0.05) is 17.8 Å². The van der Waals surface area contributed by atoms with Crippen LogP contribution in [0.4, 0.5) is 11.4 Å². The maximum absolute atomic E-state index is 12.4. The highest BCUT2D eigenvalue weighted by Gasteiger charge is 2.16. The zero-order valence-corrected chi connectivity index (χ0v) is 12.8. The Labute approximate surface area is 137 Å². The average molecular weight is 322 g/mol. The lowest BCUT2D eigenvalue weighted by Gasteiger charge is -2.06. The number of hydrogen-bond donors (Lipinski definition) is 1. The van der Waals surface area contributed by atoms with Crippen LogP contribution in [0.2, 0.25) is 0 Å². The van der Waals surface area contributed by atoms with Crippen LogP contribution in [0.1, 0.15) is 16.1 Å². The minimum atomic E-state index is -0.460. The van der Waals surface area contributed by atoms with Crippen molar-refractivity contribution >= 4 is 17.3 Å². The lowest BCUT2D eigenvalue weighted by atomic mass is 10.2. The number of nitro groups is 1. The van der Waals surface area contributed by atoms with E-state index in [4.69, 9.17) is 0 Å². The van der Waals surface area contributed by atoms with Crippen LogP contribution >= 0.6 is 0 Å². The zero-order valence-electron chi connectivity index (χ0n) is 12.8. The summed E-state index contributed by atoms with van der Waals surface area (Å²) in [5, 5.41) is 17.7. The van der Waals surface area contributed by atoms with E-state index in [1.54, 1.807) is 35.9 Å². The molecule has 120 valence electrons. The third kappa shape index (κ3) is 3.00. The molecule has 0 aliphatic heterocycles. The SMILES string of the molecule is Cc1c(C(=O)Nc2ccccc2)cnn1-c1ccc([N+](=O)[O-])cc1. The first-order valence-electron chi connectivity index (χ1n) is 7.22. The number of nitrogens with zero attached hydrogens (tertiary/aromatic N) is 3. The predicted octanol–water partition coefficient (Wildman–Crippen LogP) is 3.34. The molecular formula is C17H14N4O3. The van der Waals surface area contributed by atoms with Crippen molar-refractivity contribution in [2.24, 2.45) is 0 Å². The Hall–Kier alpha value is -3.48. The van der Waals surface area contributed by atoms with Gasteiger partial charge >= 0.3 is 0 Å². The molecule has 0 bridgehead atoms. The van der Waals surface area contributed by atoms with E-state index in [2.05, 4.69) is 10.4 Å². The number of rotatable bonds is 4. The first-order chi connectivity index (χ1) is 11.6. The summed E-state index contributed by atoms with van der Waals surface area (Å²) in [7, 11) is 0. The van der Waals surface area contributed by atoms with Gasteiger partial charge in [0.05, 0.1) is 28.1 Å². The minimum absolute atomic E-state index is 0.00519. The molecule has 0 aliphatic rings. The molecule has 1 heterocycles. The highest BCUT2D eigenvalue weighted by atomic mass is 16.6. The summed E-state index contributed by atoms with van der Waals surface area (Å²) in [6, 6.07) is 15.1. The Morgan fingerprint density at radius 1 is 1.12 bits per heavy atom. The van der Waals surface area contributed by atoms with Gasteiger partial charge in [-0.3, -0.25) is 14.9 Å². The molecule has 7 heteroatoms. The lowest BCUT2D eigenvalue weighted by molar-refractivity contribution is -0.384. The molecule has 0 unspecified atom stereocenters. The van der Waals surface area contributed by atoms with Gasteiger partial charge in [0.15, 0.2) is 0 Å². The highest BCUT2D eigenvalue weighted by Crippen LogP contribution is 2.19. The van der Waals surface area contributed by atoms with E-state index < -0.39 is 4.92 Å². The van der Waals surface area contributed by atoms with Crippen molar-refractivity contribution in [3.05, 3.63) is 82.2 Å². The second-order valence-electron chi connectivity index (χ2n) is 5.15. The largest absolute Gasteiger partial charge is 0.322 e. The minimum Gasteiger partial charge on any atom is -0.322 e. The quantitative estimate of drug-likeness (QED) is 0.589. The van der Waals surface area contributed by atoms with Crippen molar-refractivity contribution in [2.75, 3.05) is 5.32 Å². The topological polar surface area (TPSA) is 90.1 Å². The molecule has 0 aliphatic carbocycles. The van der Waals surface area contributed by atoms with Crippen LogP contribution in [0.25, 0.3) is 5.69 Å². The number of aromatic nitrogens is 2. The molecule has 24 heavy (non-hydrogen) atoms. The van der Waals surface area contributed by atoms with E-state index in [0.29, 0.717) is 22.6 Å². The first kappa shape index (κ1) is 15.4. The number of carbonyl (C=O) groups is 1. The molecule has 0 atom stereocenters. The van der Waals surface area contributed by atoms with Crippen LogP contribution < -0.4 is 5.32 Å². The summed E-state index contributed by atoms with van der Waals surface area (Å²) < 4.78 is 1.57. The van der Waals surface area contributed by atoms with Crippen molar-refractivity contribution in [3.63, 3.8) is 0 Å². The van der Waals surface area contributed by atoms with Gasteiger partial charge in [0.2, 0.25) is 0 Å². The maximum atomic E-state index is 12.4. The number of anilines is 1. The van der Waals surface area contributed by atoms with Crippen LogP contribution in [0, 0.1) is 17.0 Å². The van der Waals surface area contributed by atoms with E-state index in [0.717, 1.165) is 0 Å². The molecule has 0 fully saturated rings. The van der Waals surface area contributed by atoms with E-state index in [-0.39, 0.29) is 11.6 Å². The van der Waals surface area contributed by atoms with Gasteiger partial charge in [0.25, 0.3) is 11.6 Å². The molecule has 7 nitrogen and oxygen atoms in total. The van der Waals surface area contributed by atoms with Crippen LogP contribution in [-0.2, 0) is 0 Å². The van der Waals surface area contributed by atoms with E-state index in [9.17, 15) is 14.9 Å². The predicted molar refractivity (Wildman–Crippen MR) is 89.4 cm³/mol. The van der Waals surface area contributed by atoms with Crippen molar-refractivity contribution < 1.29 is 9.72 Å². The smallest absolute Gasteiger partial charge is 0.269 e. The second kappa shape index (κ2) is 6.33. The number of non-ortho nitro benzene ring substituents is 1. The number of nitrogens with one attached hydrogen (secondary N) is 1. The normalized spacial score (nSPS) is 10.4. The Kier molecular flexibility index (Phi) is 4.07. The maximum Gasteiger partial charge on any atom is 0.269 e. The van der Waals surface area contributed by atoms with Gasteiger partial charge in [-0.15, -0.1) is 0 Å². The van der Waals surface area contributed by atoms with E-state index in [1.807, 2.05) is 18.2 Å². The number of benzene rings is 2. The molecular weight excluding hydrogens is 308 g/mol. The van der Waals surface area contributed by atoms with E-state index in [1.165, 1.54) is 18.3 Å². The van der Waals surface area contributed by atoms with Crippen LogP contribution in [0.15, 0.2) is 60.8 Å². The van der Waals surface area contributed by atoms with Crippen molar-refractivity contribution in [1.29, 1.82) is 0 Å². The van der Waals surface area contributed by atoms with Crippen LogP contribution in [0.3, 0.4) is 0 Å². The summed E-state index contributed by atoms with van der Waals surface area (Å²) in [6.45, 7) is 1.77. The third-order valence-electron chi connectivity index (χ3n) is 3.59.